The van der Waals surface area contributed by atoms with Crippen molar-refractivity contribution in [3.8, 4) is 5.75 Å². The van der Waals surface area contributed by atoms with Crippen LogP contribution in [0.3, 0.4) is 0 Å². The molecule has 0 aromatic heterocycles. The summed E-state index contributed by atoms with van der Waals surface area (Å²) in [6.07, 6.45) is 0.211. The van der Waals surface area contributed by atoms with Gasteiger partial charge in [0.05, 0.1) is 18.7 Å². The van der Waals surface area contributed by atoms with Crippen LogP contribution in [-0.4, -0.2) is 25.5 Å². The zero-order valence-electron chi connectivity index (χ0n) is 13.2. The van der Waals surface area contributed by atoms with E-state index in [0.717, 1.165) is 15.9 Å². The molecule has 0 saturated carbocycles. The molecule has 1 fully saturated rings. The minimum atomic E-state index is -0.369. The van der Waals surface area contributed by atoms with E-state index in [1.54, 1.807) is 24.1 Å². The Morgan fingerprint density at radius 3 is 2.58 bits per heavy atom. The van der Waals surface area contributed by atoms with Crippen molar-refractivity contribution in [1.82, 2.24) is 0 Å². The molecule has 1 heterocycles. The summed E-state index contributed by atoms with van der Waals surface area (Å²) in [5, 5.41) is 2.88. The summed E-state index contributed by atoms with van der Waals surface area (Å²) < 4.78 is 5.94. The number of amides is 2. The highest BCUT2D eigenvalue weighted by atomic mass is 79.9. The van der Waals surface area contributed by atoms with Crippen molar-refractivity contribution in [2.24, 2.45) is 5.92 Å². The topological polar surface area (TPSA) is 58.6 Å². The van der Waals surface area contributed by atoms with E-state index in [4.69, 9.17) is 4.74 Å². The van der Waals surface area contributed by atoms with Crippen molar-refractivity contribution < 1.29 is 14.3 Å². The summed E-state index contributed by atoms with van der Waals surface area (Å²) in [6, 6.07) is 14.7. The summed E-state index contributed by atoms with van der Waals surface area (Å²) in [7, 11) is 1.60. The van der Waals surface area contributed by atoms with E-state index in [1.165, 1.54) is 0 Å². The lowest BCUT2D eigenvalue weighted by Gasteiger charge is -2.17. The third kappa shape index (κ3) is 3.43. The number of methoxy groups -OCH3 is 1. The molecule has 2 aromatic carbocycles. The van der Waals surface area contributed by atoms with Crippen LogP contribution in [0.1, 0.15) is 6.42 Å². The van der Waals surface area contributed by atoms with Gasteiger partial charge < -0.3 is 15.0 Å². The van der Waals surface area contributed by atoms with Gasteiger partial charge in [0.25, 0.3) is 0 Å². The van der Waals surface area contributed by atoms with Crippen molar-refractivity contribution >= 4 is 39.1 Å². The first kappa shape index (κ1) is 16.5. The van der Waals surface area contributed by atoms with E-state index in [9.17, 15) is 9.59 Å². The lowest BCUT2D eigenvalue weighted by Crippen LogP contribution is -2.28. The molecule has 1 saturated heterocycles. The Bertz CT molecular complexity index is 761. The first-order chi connectivity index (χ1) is 11.6. The number of benzene rings is 2. The van der Waals surface area contributed by atoms with Gasteiger partial charge in [0.1, 0.15) is 5.75 Å². The van der Waals surface area contributed by atoms with E-state index < -0.39 is 0 Å². The second kappa shape index (κ2) is 7.05. The van der Waals surface area contributed by atoms with Gasteiger partial charge in [0.15, 0.2) is 0 Å². The molecule has 2 aromatic rings. The van der Waals surface area contributed by atoms with Crippen LogP contribution in [0.15, 0.2) is 53.0 Å². The van der Waals surface area contributed by atoms with Gasteiger partial charge in [-0.2, -0.15) is 0 Å². The van der Waals surface area contributed by atoms with Crippen LogP contribution in [-0.2, 0) is 9.59 Å². The molecule has 1 unspecified atom stereocenters. The van der Waals surface area contributed by atoms with Crippen molar-refractivity contribution in [1.29, 1.82) is 0 Å². The lowest BCUT2D eigenvalue weighted by atomic mass is 10.1. The first-order valence-electron chi connectivity index (χ1n) is 7.58. The van der Waals surface area contributed by atoms with Crippen LogP contribution in [0, 0.1) is 5.92 Å². The summed E-state index contributed by atoms with van der Waals surface area (Å²) in [5.41, 5.74) is 1.48. The molecular formula is C18H17BrN2O3. The summed E-state index contributed by atoms with van der Waals surface area (Å²) >= 11 is 3.40. The number of ether oxygens (including phenoxy) is 1. The van der Waals surface area contributed by atoms with Crippen LogP contribution >= 0.6 is 15.9 Å². The molecule has 1 N–H and O–H groups in total. The molecule has 6 heteroatoms. The number of halogens is 1. The zero-order chi connectivity index (χ0) is 17.1. The van der Waals surface area contributed by atoms with Crippen LogP contribution in [0.5, 0.6) is 5.75 Å². The molecule has 3 rings (SSSR count). The third-order valence-electron chi connectivity index (χ3n) is 4.01. The SMILES string of the molecule is COc1ccc(N2CC(C(=O)Nc3ccccc3Br)CC2=O)cc1. The molecular weight excluding hydrogens is 372 g/mol. The fourth-order valence-corrected chi connectivity index (χ4v) is 3.08. The summed E-state index contributed by atoms with van der Waals surface area (Å²) in [5.74, 6) is 0.166. The third-order valence-corrected chi connectivity index (χ3v) is 4.70. The van der Waals surface area contributed by atoms with E-state index in [0.29, 0.717) is 12.2 Å². The van der Waals surface area contributed by atoms with Crippen molar-refractivity contribution in [2.45, 2.75) is 6.42 Å². The molecule has 24 heavy (non-hydrogen) atoms. The average molecular weight is 389 g/mol. The predicted octanol–water partition coefficient (Wildman–Crippen LogP) is 3.45. The van der Waals surface area contributed by atoms with Gasteiger partial charge in [-0.3, -0.25) is 9.59 Å². The molecule has 0 radical (unpaired) electrons. The fraction of sp³-hybridized carbons (Fsp3) is 0.222. The predicted molar refractivity (Wildman–Crippen MR) is 96.2 cm³/mol. The standard InChI is InChI=1S/C18H17BrN2O3/c1-24-14-8-6-13(7-9-14)21-11-12(10-17(21)22)18(23)20-16-5-3-2-4-15(16)19/h2-9,12H,10-11H2,1H3,(H,20,23). The highest BCUT2D eigenvalue weighted by Crippen LogP contribution is 2.28. The Kier molecular flexibility index (Phi) is 4.85. The summed E-state index contributed by atoms with van der Waals surface area (Å²) in [4.78, 5) is 26.4. The first-order valence-corrected chi connectivity index (χ1v) is 8.37. The fourth-order valence-electron chi connectivity index (χ4n) is 2.69. The maximum Gasteiger partial charge on any atom is 0.229 e. The molecule has 0 spiro atoms. The molecule has 0 bridgehead atoms. The van der Waals surface area contributed by atoms with Gasteiger partial charge in [-0.25, -0.2) is 0 Å². The van der Waals surface area contributed by atoms with Crippen molar-refractivity contribution in [3.63, 3.8) is 0 Å². The Balaban J connectivity index is 1.69. The Hall–Kier alpha value is -2.34. The van der Waals surface area contributed by atoms with Gasteiger partial charge >= 0.3 is 0 Å². The highest BCUT2D eigenvalue weighted by molar-refractivity contribution is 9.10. The number of para-hydroxylation sites is 1. The van der Waals surface area contributed by atoms with Crippen LogP contribution < -0.4 is 15.0 Å². The highest BCUT2D eigenvalue weighted by Gasteiger charge is 2.35. The molecule has 1 aliphatic heterocycles. The number of carbonyl (C=O) groups excluding carboxylic acids is 2. The van der Waals surface area contributed by atoms with Crippen LogP contribution in [0.4, 0.5) is 11.4 Å². The van der Waals surface area contributed by atoms with Crippen molar-refractivity contribution in [3.05, 3.63) is 53.0 Å². The second-order valence-electron chi connectivity index (χ2n) is 5.57. The largest absolute Gasteiger partial charge is 0.497 e. The quantitative estimate of drug-likeness (QED) is 0.872. The lowest BCUT2D eigenvalue weighted by molar-refractivity contribution is -0.122. The van der Waals surface area contributed by atoms with Gasteiger partial charge in [-0.05, 0) is 52.3 Å². The average Bonchev–Trinajstić information content (AvgIpc) is 2.99. The van der Waals surface area contributed by atoms with Crippen molar-refractivity contribution in [2.75, 3.05) is 23.9 Å². The number of anilines is 2. The second-order valence-corrected chi connectivity index (χ2v) is 6.43. The minimum Gasteiger partial charge on any atom is -0.497 e. The number of hydrogen-bond acceptors (Lipinski definition) is 3. The Labute approximate surface area is 148 Å². The molecule has 1 atom stereocenters. The van der Waals surface area contributed by atoms with E-state index in [2.05, 4.69) is 21.2 Å². The monoisotopic (exact) mass is 388 g/mol. The molecule has 5 nitrogen and oxygen atoms in total. The van der Waals surface area contributed by atoms with Gasteiger partial charge in [0, 0.05) is 23.1 Å². The summed E-state index contributed by atoms with van der Waals surface area (Å²) in [6.45, 7) is 0.376. The minimum absolute atomic E-state index is 0.0487. The maximum atomic E-state index is 12.5. The maximum absolute atomic E-state index is 12.5. The smallest absolute Gasteiger partial charge is 0.229 e. The van der Waals surface area contributed by atoms with E-state index >= 15 is 0 Å². The Morgan fingerprint density at radius 1 is 1.21 bits per heavy atom. The van der Waals surface area contributed by atoms with Crippen LogP contribution in [0.25, 0.3) is 0 Å². The van der Waals surface area contributed by atoms with Gasteiger partial charge in [-0.15, -0.1) is 0 Å². The van der Waals surface area contributed by atoms with Gasteiger partial charge in [-0.1, -0.05) is 12.1 Å². The number of rotatable bonds is 4. The zero-order valence-corrected chi connectivity index (χ0v) is 14.7. The molecule has 2 amide bonds. The van der Waals surface area contributed by atoms with E-state index in [1.807, 2.05) is 36.4 Å². The van der Waals surface area contributed by atoms with Gasteiger partial charge in [0.2, 0.25) is 11.8 Å². The van der Waals surface area contributed by atoms with Crippen LogP contribution in [0.2, 0.25) is 0 Å². The number of carbonyl (C=O) groups is 2. The molecule has 124 valence electrons. The number of nitrogens with one attached hydrogen (secondary N) is 1. The number of hydrogen-bond donors (Lipinski definition) is 1. The van der Waals surface area contributed by atoms with E-state index in [-0.39, 0.29) is 24.2 Å². The molecule has 1 aliphatic rings. The normalized spacial score (nSPS) is 17.0. The Morgan fingerprint density at radius 2 is 1.92 bits per heavy atom. The molecule has 0 aliphatic carbocycles. The number of nitrogens with zero attached hydrogens (tertiary/aromatic N) is 1.